The molecule has 9 heteroatoms. The summed E-state index contributed by atoms with van der Waals surface area (Å²) in [6, 6.07) is 0. The number of carboxylic acid groups (broad SMARTS) is 4. The molecule has 0 aromatic rings. The maximum Gasteiger partial charge on any atom is 0.336 e. The molecule has 1 fully saturated rings. The quantitative estimate of drug-likeness (QED) is 0.418. The molecule has 0 spiro atoms. The Morgan fingerprint density at radius 2 is 1.32 bits per heavy atom. The van der Waals surface area contributed by atoms with Crippen molar-refractivity contribution in [1.82, 2.24) is 0 Å². The molecule has 0 bridgehead atoms. The first kappa shape index (κ1) is 14.9. The molecule has 1 aliphatic carbocycles. The molecule has 0 aromatic heterocycles. The highest BCUT2D eigenvalue weighted by atomic mass is 16.4. The number of hydrogen-bond donors (Lipinski definition) is 5. The molecule has 0 aromatic carbocycles. The Labute approximate surface area is 106 Å². The van der Waals surface area contributed by atoms with Crippen LogP contribution in [0, 0.1) is 17.8 Å². The number of carbonyl (C=O) groups is 4. The Morgan fingerprint density at radius 1 is 0.842 bits per heavy atom. The van der Waals surface area contributed by atoms with E-state index in [-0.39, 0.29) is 0 Å². The summed E-state index contributed by atoms with van der Waals surface area (Å²) in [6.07, 6.45) is -1.73. The van der Waals surface area contributed by atoms with Crippen molar-refractivity contribution in [3.05, 3.63) is 0 Å². The second-order valence-electron chi connectivity index (χ2n) is 4.45. The number of aliphatic carboxylic acids is 4. The van der Waals surface area contributed by atoms with E-state index in [1.54, 1.807) is 0 Å². The molecule has 4 unspecified atom stereocenters. The minimum atomic E-state index is -2.79. The fourth-order valence-electron chi connectivity index (χ4n) is 2.31. The van der Waals surface area contributed by atoms with Gasteiger partial charge in [-0.2, -0.15) is 0 Å². The maximum atomic E-state index is 11.0. The molecule has 106 valence electrons. The first-order chi connectivity index (χ1) is 8.61. The number of hydrogen-bond acceptors (Lipinski definition) is 5. The van der Waals surface area contributed by atoms with Crippen LogP contribution in [0.2, 0.25) is 0 Å². The van der Waals surface area contributed by atoms with E-state index in [0.717, 1.165) is 0 Å². The van der Waals surface area contributed by atoms with Crippen LogP contribution in [0.25, 0.3) is 0 Å². The Bertz CT molecular complexity index is 442. The molecule has 1 rings (SSSR count). The van der Waals surface area contributed by atoms with Crippen LogP contribution < -0.4 is 0 Å². The summed E-state index contributed by atoms with van der Waals surface area (Å²) in [7, 11) is 0. The molecule has 0 heterocycles. The van der Waals surface area contributed by atoms with Crippen molar-refractivity contribution in [1.29, 1.82) is 0 Å². The topological polar surface area (TPSA) is 169 Å². The molecular formula is C10H12O9. The lowest BCUT2D eigenvalue weighted by Gasteiger charge is -2.39. The van der Waals surface area contributed by atoms with E-state index in [2.05, 4.69) is 0 Å². The molecule has 5 N–H and O–H groups in total. The van der Waals surface area contributed by atoms with Crippen molar-refractivity contribution in [2.24, 2.45) is 17.8 Å². The van der Waals surface area contributed by atoms with Crippen molar-refractivity contribution in [3.63, 3.8) is 0 Å². The average Bonchev–Trinajstić information content (AvgIpc) is 2.27. The van der Waals surface area contributed by atoms with Gasteiger partial charge in [-0.3, -0.25) is 14.4 Å². The molecule has 0 aliphatic heterocycles. The van der Waals surface area contributed by atoms with Gasteiger partial charge in [0.2, 0.25) is 0 Å². The lowest BCUT2D eigenvalue weighted by molar-refractivity contribution is -0.190. The first-order valence-corrected chi connectivity index (χ1v) is 5.25. The Kier molecular flexibility index (Phi) is 3.80. The third kappa shape index (κ3) is 2.50. The predicted octanol–water partition coefficient (Wildman–Crippen LogP) is -1.30. The summed E-state index contributed by atoms with van der Waals surface area (Å²) in [5.41, 5.74) is -2.79. The summed E-state index contributed by atoms with van der Waals surface area (Å²) in [5.74, 6) is -11.8. The molecule has 9 nitrogen and oxygen atoms in total. The van der Waals surface area contributed by atoms with Gasteiger partial charge >= 0.3 is 23.9 Å². The van der Waals surface area contributed by atoms with E-state index < -0.39 is 60.1 Å². The van der Waals surface area contributed by atoms with Crippen molar-refractivity contribution in [2.75, 3.05) is 0 Å². The van der Waals surface area contributed by atoms with Gasteiger partial charge in [-0.05, 0) is 6.42 Å². The SMILES string of the molecule is O=C(O)C1CC(C(=O)O)C(O)(C(=O)O)CC1C(=O)O. The molecule has 19 heavy (non-hydrogen) atoms. The molecule has 0 amide bonds. The van der Waals surface area contributed by atoms with Crippen LogP contribution in [0.1, 0.15) is 12.8 Å². The zero-order valence-corrected chi connectivity index (χ0v) is 9.52. The maximum absolute atomic E-state index is 11.0. The second-order valence-corrected chi connectivity index (χ2v) is 4.45. The monoisotopic (exact) mass is 276 g/mol. The van der Waals surface area contributed by atoms with Crippen LogP contribution in [0.5, 0.6) is 0 Å². The van der Waals surface area contributed by atoms with Crippen LogP contribution in [0.3, 0.4) is 0 Å². The molecule has 0 radical (unpaired) electrons. The first-order valence-electron chi connectivity index (χ1n) is 5.25. The standard InChI is InChI=1S/C10H12O9/c11-6(12)3-1-5(8(15)16)10(19,9(17)18)2-4(3)7(13)14/h3-5,19H,1-2H2,(H,11,12)(H,13,14)(H,15,16)(H,17,18). The van der Waals surface area contributed by atoms with Crippen LogP contribution in [-0.4, -0.2) is 55.0 Å². The third-order valence-corrected chi connectivity index (χ3v) is 3.39. The largest absolute Gasteiger partial charge is 0.481 e. The zero-order valence-electron chi connectivity index (χ0n) is 9.52. The Morgan fingerprint density at radius 3 is 1.63 bits per heavy atom. The van der Waals surface area contributed by atoms with Crippen LogP contribution >= 0.6 is 0 Å². The smallest absolute Gasteiger partial charge is 0.336 e. The minimum absolute atomic E-state index is 0.759. The fraction of sp³-hybridized carbons (Fsp3) is 0.600. The van der Waals surface area contributed by atoms with E-state index in [1.807, 2.05) is 0 Å². The summed E-state index contributed by atoms with van der Waals surface area (Å²) < 4.78 is 0. The molecule has 0 saturated heterocycles. The van der Waals surface area contributed by atoms with E-state index in [0.29, 0.717) is 0 Å². The summed E-state index contributed by atoms with van der Waals surface area (Å²) in [4.78, 5) is 43.8. The minimum Gasteiger partial charge on any atom is -0.481 e. The zero-order chi connectivity index (χ0) is 15.0. The Balaban J connectivity index is 3.23. The molecular weight excluding hydrogens is 264 g/mol. The lowest BCUT2D eigenvalue weighted by atomic mass is 9.65. The number of carboxylic acids is 4. The van der Waals surface area contributed by atoms with Crippen molar-refractivity contribution in [2.45, 2.75) is 18.4 Å². The lowest BCUT2D eigenvalue weighted by Crippen LogP contribution is -2.57. The van der Waals surface area contributed by atoms with Crippen molar-refractivity contribution in [3.8, 4) is 0 Å². The average molecular weight is 276 g/mol. The highest BCUT2D eigenvalue weighted by molar-refractivity contribution is 5.89. The number of aliphatic hydroxyl groups is 1. The van der Waals surface area contributed by atoms with E-state index in [4.69, 9.17) is 20.4 Å². The molecule has 4 atom stereocenters. The van der Waals surface area contributed by atoms with Gasteiger partial charge in [-0.25, -0.2) is 4.79 Å². The summed E-state index contributed by atoms with van der Waals surface area (Å²) in [6.45, 7) is 0. The predicted molar refractivity (Wildman–Crippen MR) is 55.2 cm³/mol. The second kappa shape index (κ2) is 4.84. The van der Waals surface area contributed by atoms with Crippen LogP contribution in [0.4, 0.5) is 0 Å². The number of rotatable bonds is 4. The van der Waals surface area contributed by atoms with Gasteiger partial charge in [-0.1, -0.05) is 0 Å². The summed E-state index contributed by atoms with van der Waals surface area (Å²) >= 11 is 0. The third-order valence-electron chi connectivity index (χ3n) is 3.39. The Hall–Kier alpha value is -2.16. The normalized spacial score (nSPS) is 34.5. The van der Waals surface area contributed by atoms with E-state index in [1.165, 1.54) is 0 Å². The molecule has 1 aliphatic rings. The van der Waals surface area contributed by atoms with Gasteiger partial charge < -0.3 is 25.5 Å². The van der Waals surface area contributed by atoms with Crippen LogP contribution in [0.15, 0.2) is 0 Å². The highest BCUT2D eigenvalue weighted by Gasteiger charge is 2.58. The van der Waals surface area contributed by atoms with Gasteiger partial charge in [0, 0.05) is 6.42 Å². The van der Waals surface area contributed by atoms with Crippen LogP contribution in [-0.2, 0) is 19.2 Å². The summed E-state index contributed by atoms with van der Waals surface area (Å²) in [5, 5.41) is 45.4. The van der Waals surface area contributed by atoms with Gasteiger partial charge in [0.15, 0.2) is 5.60 Å². The molecule has 1 saturated carbocycles. The van der Waals surface area contributed by atoms with Crippen molar-refractivity contribution < 1.29 is 44.7 Å². The van der Waals surface area contributed by atoms with Gasteiger partial charge in [0.05, 0.1) is 17.8 Å². The van der Waals surface area contributed by atoms with Gasteiger partial charge in [-0.15, -0.1) is 0 Å². The fourth-order valence-corrected chi connectivity index (χ4v) is 2.31. The van der Waals surface area contributed by atoms with E-state index >= 15 is 0 Å². The van der Waals surface area contributed by atoms with E-state index in [9.17, 15) is 24.3 Å². The van der Waals surface area contributed by atoms with Gasteiger partial charge in [0.25, 0.3) is 0 Å². The highest BCUT2D eigenvalue weighted by Crippen LogP contribution is 2.41. The van der Waals surface area contributed by atoms with Crippen molar-refractivity contribution >= 4 is 23.9 Å². The van der Waals surface area contributed by atoms with Gasteiger partial charge in [0.1, 0.15) is 0 Å².